The van der Waals surface area contributed by atoms with Crippen molar-refractivity contribution in [2.24, 2.45) is 0 Å². The highest BCUT2D eigenvalue weighted by molar-refractivity contribution is 5.96. The van der Waals surface area contributed by atoms with Crippen LogP contribution in [-0.2, 0) is 11.3 Å². The Morgan fingerprint density at radius 3 is 2.54 bits per heavy atom. The molecule has 0 aliphatic carbocycles. The minimum atomic E-state index is -0.354. The zero-order valence-electron chi connectivity index (χ0n) is 14.4. The van der Waals surface area contributed by atoms with Crippen molar-refractivity contribution < 1.29 is 18.7 Å². The number of ether oxygens (including phenoxy) is 1. The normalized spacial score (nSPS) is 16.5. The Bertz CT molecular complexity index is 778. The predicted octanol–water partition coefficient (Wildman–Crippen LogP) is 2.44. The first-order chi connectivity index (χ1) is 12.5. The van der Waals surface area contributed by atoms with Crippen LogP contribution in [0.25, 0.3) is 0 Å². The average Bonchev–Trinajstić information content (AvgIpc) is 3.01. The standard InChI is InChI=1S/C19H20FN3O3/c1-26-17-8-2-13(3-9-17)11-21-19(25)22-15-10-18(24)23(12-15)16-6-4-14(20)5-7-16/h2-9,15H,10-12H2,1H3,(H2,21,22,25)/t15-/m1/s1. The average molecular weight is 357 g/mol. The van der Waals surface area contributed by atoms with Crippen LogP contribution in [0.1, 0.15) is 12.0 Å². The fourth-order valence-corrected chi connectivity index (χ4v) is 2.84. The van der Waals surface area contributed by atoms with Gasteiger partial charge in [-0.2, -0.15) is 0 Å². The Kier molecular flexibility index (Phi) is 5.36. The summed E-state index contributed by atoms with van der Waals surface area (Å²) < 4.78 is 18.1. The first kappa shape index (κ1) is 17.7. The van der Waals surface area contributed by atoms with Crippen LogP contribution in [0.15, 0.2) is 48.5 Å². The Morgan fingerprint density at radius 2 is 1.88 bits per heavy atom. The Morgan fingerprint density at radius 1 is 1.19 bits per heavy atom. The molecule has 1 aliphatic heterocycles. The van der Waals surface area contributed by atoms with Gasteiger partial charge in [-0.1, -0.05) is 12.1 Å². The largest absolute Gasteiger partial charge is 0.497 e. The summed E-state index contributed by atoms with van der Waals surface area (Å²) in [7, 11) is 1.60. The zero-order chi connectivity index (χ0) is 18.5. The van der Waals surface area contributed by atoms with Crippen molar-refractivity contribution in [3.05, 3.63) is 59.9 Å². The molecule has 2 N–H and O–H groups in total. The number of halogens is 1. The molecule has 0 aromatic heterocycles. The number of hydrogen-bond acceptors (Lipinski definition) is 3. The number of carbonyl (C=O) groups excluding carboxylic acids is 2. The van der Waals surface area contributed by atoms with E-state index in [9.17, 15) is 14.0 Å². The molecule has 1 heterocycles. The molecule has 7 heteroatoms. The lowest BCUT2D eigenvalue weighted by molar-refractivity contribution is -0.117. The zero-order valence-corrected chi connectivity index (χ0v) is 14.4. The van der Waals surface area contributed by atoms with Gasteiger partial charge in [-0.25, -0.2) is 9.18 Å². The Balaban J connectivity index is 1.50. The molecule has 0 saturated carbocycles. The van der Waals surface area contributed by atoms with E-state index in [1.807, 2.05) is 24.3 Å². The summed E-state index contributed by atoms with van der Waals surface area (Å²) in [5, 5.41) is 5.57. The van der Waals surface area contributed by atoms with E-state index in [-0.39, 0.29) is 30.2 Å². The second-order valence-electron chi connectivity index (χ2n) is 6.06. The third kappa shape index (κ3) is 4.30. The fourth-order valence-electron chi connectivity index (χ4n) is 2.84. The molecule has 1 fully saturated rings. The van der Waals surface area contributed by atoms with Gasteiger partial charge in [-0.15, -0.1) is 0 Å². The second-order valence-corrected chi connectivity index (χ2v) is 6.06. The number of nitrogens with one attached hydrogen (secondary N) is 2. The van der Waals surface area contributed by atoms with Crippen LogP contribution in [0.5, 0.6) is 5.75 Å². The van der Waals surface area contributed by atoms with E-state index in [0.717, 1.165) is 11.3 Å². The molecule has 0 bridgehead atoms. The molecule has 0 unspecified atom stereocenters. The van der Waals surface area contributed by atoms with Crippen molar-refractivity contribution in [2.75, 3.05) is 18.6 Å². The van der Waals surface area contributed by atoms with Crippen LogP contribution in [0, 0.1) is 5.82 Å². The first-order valence-corrected chi connectivity index (χ1v) is 8.28. The van der Waals surface area contributed by atoms with Crippen LogP contribution < -0.4 is 20.3 Å². The van der Waals surface area contributed by atoms with Crippen LogP contribution in [0.4, 0.5) is 14.9 Å². The van der Waals surface area contributed by atoms with E-state index in [4.69, 9.17) is 4.74 Å². The summed E-state index contributed by atoms with van der Waals surface area (Å²) in [6, 6.07) is 12.5. The lowest BCUT2D eigenvalue weighted by atomic mass is 10.2. The molecular weight excluding hydrogens is 337 g/mol. The number of anilines is 1. The highest BCUT2D eigenvalue weighted by Gasteiger charge is 2.31. The fraction of sp³-hybridized carbons (Fsp3) is 0.263. The molecule has 0 radical (unpaired) electrons. The number of amides is 3. The van der Waals surface area contributed by atoms with Crippen molar-refractivity contribution in [3.63, 3.8) is 0 Å². The summed E-state index contributed by atoms with van der Waals surface area (Å²) in [5.41, 5.74) is 1.57. The van der Waals surface area contributed by atoms with Gasteiger partial charge in [0.15, 0.2) is 0 Å². The second kappa shape index (κ2) is 7.86. The predicted molar refractivity (Wildman–Crippen MR) is 95.5 cm³/mol. The third-order valence-electron chi connectivity index (χ3n) is 4.21. The maximum Gasteiger partial charge on any atom is 0.315 e. The van der Waals surface area contributed by atoms with Crippen LogP contribution in [0.3, 0.4) is 0 Å². The van der Waals surface area contributed by atoms with Crippen LogP contribution >= 0.6 is 0 Å². The molecule has 2 aromatic rings. The molecular formula is C19H20FN3O3. The molecule has 1 atom stereocenters. The number of rotatable bonds is 5. The van der Waals surface area contributed by atoms with Crippen molar-refractivity contribution in [1.29, 1.82) is 0 Å². The number of carbonyl (C=O) groups is 2. The molecule has 0 spiro atoms. The lowest BCUT2D eigenvalue weighted by Crippen LogP contribution is -2.43. The SMILES string of the molecule is COc1ccc(CNC(=O)N[C@@H]2CC(=O)N(c3ccc(F)cc3)C2)cc1. The van der Waals surface area contributed by atoms with Gasteiger partial charge >= 0.3 is 6.03 Å². The maximum absolute atomic E-state index is 13.0. The van der Waals surface area contributed by atoms with Crippen LogP contribution in [-0.4, -0.2) is 31.6 Å². The summed E-state index contributed by atoms with van der Waals surface area (Å²) in [6.07, 6.45) is 0.216. The van der Waals surface area contributed by atoms with Gasteiger partial charge in [0.1, 0.15) is 11.6 Å². The van der Waals surface area contributed by atoms with Gasteiger partial charge in [-0.05, 0) is 42.0 Å². The van der Waals surface area contributed by atoms with Crippen molar-refractivity contribution in [2.45, 2.75) is 19.0 Å². The van der Waals surface area contributed by atoms with Gasteiger partial charge in [0.05, 0.1) is 13.2 Å². The summed E-state index contributed by atoms with van der Waals surface area (Å²) in [6.45, 7) is 0.735. The number of benzene rings is 2. The van der Waals surface area contributed by atoms with Gasteiger partial charge in [0, 0.05) is 25.2 Å². The van der Waals surface area contributed by atoms with Crippen molar-refractivity contribution in [3.8, 4) is 5.75 Å². The van der Waals surface area contributed by atoms with Gasteiger partial charge in [0.25, 0.3) is 0 Å². The van der Waals surface area contributed by atoms with Gasteiger partial charge in [0.2, 0.25) is 5.91 Å². The topological polar surface area (TPSA) is 70.7 Å². The molecule has 136 valence electrons. The van der Waals surface area contributed by atoms with E-state index >= 15 is 0 Å². The smallest absolute Gasteiger partial charge is 0.315 e. The quantitative estimate of drug-likeness (QED) is 0.863. The van der Waals surface area contributed by atoms with E-state index < -0.39 is 0 Å². The monoisotopic (exact) mass is 357 g/mol. The van der Waals surface area contributed by atoms with E-state index in [0.29, 0.717) is 18.8 Å². The van der Waals surface area contributed by atoms with Gasteiger partial charge in [-0.3, -0.25) is 4.79 Å². The molecule has 3 rings (SSSR count). The van der Waals surface area contributed by atoms with E-state index in [1.54, 1.807) is 24.1 Å². The lowest BCUT2D eigenvalue weighted by Gasteiger charge is -2.17. The van der Waals surface area contributed by atoms with Gasteiger partial charge < -0.3 is 20.3 Å². The summed E-state index contributed by atoms with van der Waals surface area (Å²) in [4.78, 5) is 25.8. The number of nitrogens with zero attached hydrogens (tertiary/aromatic N) is 1. The van der Waals surface area contributed by atoms with Crippen molar-refractivity contribution >= 4 is 17.6 Å². The summed E-state index contributed by atoms with van der Waals surface area (Å²) >= 11 is 0. The maximum atomic E-state index is 13.0. The molecule has 3 amide bonds. The molecule has 2 aromatic carbocycles. The minimum Gasteiger partial charge on any atom is -0.497 e. The number of methoxy groups -OCH3 is 1. The van der Waals surface area contributed by atoms with E-state index in [1.165, 1.54) is 12.1 Å². The molecule has 1 aliphatic rings. The summed E-state index contributed by atoms with van der Waals surface area (Å²) in [5.74, 6) is 0.300. The van der Waals surface area contributed by atoms with Crippen LogP contribution in [0.2, 0.25) is 0 Å². The first-order valence-electron chi connectivity index (χ1n) is 8.28. The molecule has 1 saturated heterocycles. The Hall–Kier alpha value is -3.09. The highest BCUT2D eigenvalue weighted by Crippen LogP contribution is 2.21. The number of hydrogen-bond donors (Lipinski definition) is 2. The van der Waals surface area contributed by atoms with E-state index in [2.05, 4.69) is 10.6 Å². The molecule has 6 nitrogen and oxygen atoms in total. The molecule has 26 heavy (non-hydrogen) atoms. The Labute approximate surface area is 150 Å². The third-order valence-corrected chi connectivity index (χ3v) is 4.21. The highest BCUT2D eigenvalue weighted by atomic mass is 19.1. The van der Waals surface area contributed by atoms with Crippen molar-refractivity contribution in [1.82, 2.24) is 10.6 Å². The number of urea groups is 1. The minimum absolute atomic E-state index is 0.0999.